The number of morpholine rings is 1. The van der Waals surface area contributed by atoms with E-state index in [1.54, 1.807) is 15.3 Å². The van der Waals surface area contributed by atoms with E-state index in [9.17, 15) is 13.2 Å². The quantitative estimate of drug-likeness (QED) is 0.761. The highest BCUT2D eigenvalue weighted by Gasteiger charge is 2.65. The van der Waals surface area contributed by atoms with Crippen molar-refractivity contribution in [3.63, 3.8) is 0 Å². The smallest absolute Gasteiger partial charge is 0.276 e. The van der Waals surface area contributed by atoms with Crippen LogP contribution >= 0.6 is 0 Å². The largest absolute Gasteiger partial charge is 0.365 e. The Morgan fingerprint density at radius 3 is 2.85 bits per heavy atom. The first-order valence-corrected chi connectivity index (χ1v) is 11.2. The number of aromatic nitrogens is 1. The lowest BCUT2D eigenvalue weighted by molar-refractivity contribution is -0.0981. The summed E-state index contributed by atoms with van der Waals surface area (Å²) >= 11 is 0. The Hall–Kier alpha value is -1.45. The van der Waals surface area contributed by atoms with E-state index in [-0.39, 0.29) is 24.5 Å². The summed E-state index contributed by atoms with van der Waals surface area (Å²) in [6.45, 7) is 5.50. The van der Waals surface area contributed by atoms with E-state index in [1.165, 1.54) is 0 Å². The van der Waals surface area contributed by atoms with Gasteiger partial charge in [0, 0.05) is 31.6 Å². The molecule has 3 aliphatic heterocycles. The van der Waals surface area contributed by atoms with Gasteiger partial charge in [0.25, 0.3) is 5.91 Å². The molecule has 3 saturated heterocycles. The number of fused-ring (bicyclic) bond motifs is 1. The van der Waals surface area contributed by atoms with Crippen LogP contribution in [0.25, 0.3) is 0 Å². The van der Waals surface area contributed by atoms with E-state index in [2.05, 4.69) is 5.16 Å². The van der Waals surface area contributed by atoms with Crippen LogP contribution in [0.2, 0.25) is 0 Å². The summed E-state index contributed by atoms with van der Waals surface area (Å²) in [5.74, 6) is 1.21. The van der Waals surface area contributed by atoms with Crippen LogP contribution in [0.3, 0.4) is 0 Å². The van der Waals surface area contributed by atoms with Crippen LogP contribution in [0.1, 0.15) is 55.3 Å². The third-order valence-corrected chi connectivity index (χ3v) is 8.43. The van der Waals surface area contributed by atoms with Crippen molar-refractivity contribution < 1.29 is 22.5 Å². The van der Waals surface area contributed by atoms with Crippen LogP contribution in [0.5, 0.6) is 0 Å². The maximum absolute atomic E-state index is 13.0. The fourth-order valence-electron chi connectivity index (χ4n) is 4.79. The van der Waals surface area contributed by atoms with Crippen molar-refractivity contribution in [1.29, 1.82) is 0 Å². The average Bonchev–Trinajstić information content (AvgIpc) is 3.22. The summed E-state index contributed by atoms with van der Waals surface area (Å²) in [4.78, 5) is 14.7. The molecule has 3 atom stereocenters. The predicted molar refractivity (Wildman–Crippen MR) is 95.7 cm³/mol. The summed E-state index contributed by atoms with van der Waals surface area (Å²) in [5.41, 5.74) is -0.513. The molecule has 4 aliphatic rings. The molecule has 0 radical (unpaired) electrons. The van der Waals surface area contributed by atoms with Gasteiger partial charge in [-0.1, -0.05) is 19.0 Å². The number of rotatable bonds is 4. The van der Waals surface area contributed by atoms with Gasteiger partial charge in [-0.25, -0.2) is 8.42 Å². The third kappa shape index (κ3) is 2.74. The van der Waals surface area contributed by atoms with Gasteiger partial charge < -0.3 is 14.2 Å². The standard InChI is InChI=1S/C18H25N3O5S/c1-11(2)7-21-10-18-9-20(8-13(25-18)5-16(18)27(21,23)24)17(22)14-6-15(26-19-14)12-3-4-12/h6,11-13,16H,3-5,7-10H2,1-2H3/t13-,16+,18?/m1/s1. The number of amides is 1. The van der Waals surface area contributed by atoms with E-state index in [1.807, 2.05) is 13.8 Å². The van der Waals surface area contributed by atoms with Gasteiger partial charge in [0.15, 0.2) is 5.69 Å². The zero-order valence-electron chi connectivity index (χ0n) is 15.6. The molecule has 4 fully saturated rings. The molecule has 9 heteroatoms. The van der Waals surface area contributed by atoms with Gasteiger partial charge in [0.05, 0.1) is 12.6 Å². The number of hydrogen-bond donors (Lipinski definition) is 0. The molecule has 1 saturated carbocycles. The molecule has 1 aliphatic carbocycles. The Labute approximate surface area is 158 Å². The lowest BCUT2D eigenvalue weighted by Crippen LogP contribution is -2.56. The van der Waals surface area contributed by atoms with Gasteiger partial charge in [-0.05, 0) is 25.2 Å². The second-order valence-electron chi connectivity index (χ2n) is 8.83. The Kier molecular flexibility index (Phi) is 3.77. The molecule has 1 spiro atoms. The summed E-state index contributed by atoms with van der Waals surface area (Å²) in [6, 6.07) is 1.74. The van der Waals surface area contributed by atoms with Crippen molar-refractivity contribution in [2.45, 2.75) is 56.0 Å². The van der Waals surface area contributed by atoms with Crippen LogP contribution in [0.15, 0.2) is 10.6 Å². The third-order valence-electron chi connectivity index (χ3n) is 6.09. The molecule has 27 heavy (non-hydrogen) atoms. The zero-order chi connectivity index (χ0) is 19.0. The molecule has 4 heterocycles. The molecule has 1 aromatic heterocycles. The van der Waals surface area contributed by atoms with Gasteiger partial charge in [0.1, 0.15) is 16.6 Å². The lowest BCUT2D eigenvalue weighted by Gasteiger charge is -2.39. The number of hydrogen-bond acceptors (Lipinski definition) is 6. The number of likely N-dealkylation sites (tertiary alicyclic amines) is 1. The summed E-state index contributed by atoms with van der Waals surface area (Å²) in [5, 5.41) is 3.39. The zero-order valence-corrected chi connectivity index (χ0v) is 16.4. The number of ether oxygens (including phenoxy) is 1. The van der Waals surface area contributed by atoms with Gasteiger partial charge in [-0.2, -0.15) is 4.31 Å². The van der Waals surface area contributed by atoms with Crippen molar-refractivity contribution in [1.82, 2.24) is 14.4 Å². The van der Waals surface area contributed by atoms with E-state index >= 15 is 0 Å². The number of nitrogens with zero attached hydrogens (tertiary/aromatic N) is 3. The molecule has 1 amide bonds. The first kappa shape index (κ1) is 17.6. The van der Waals surface area contributed by atoms with Gasteiger partial charge >= 0.3 is 0 Å². The topological polar surface area (TPSA) is 93.0 Å². The first-order chi connectivity index (χ1) is 12.8. The molecule has 2 bridgehead atoms. The molecule has 0 N–H and O–H groups in total. The fourth-order valence-corrected chi connectivity index (χ4v) is 7.26. The molecular weight excluding hydrogens is 370 g/mol. The van der Waals surface area contributed by atoms with Gasteiger partial charge in [-0.15, -0.1) is 0 Å². The minimum absolute atomic E-state index is 0.196. The molecule has 1 aromatic rings. The predicted octanol–water partition coefficient (Wildman–Crippen LogP) is 1.21. The number of carbonyl (C=O) groups excluding carboxylic acids is 1. The Morgan fingerprint density at radius 2 is 2.15 bits per heavy atom. The number of sulfonamides is 1. The molecular formula is C18H25N3O5S. The van der Waals surface area contributed by atoms with Crippen LogP contribution < -0.4 is 0 Å². The van der Waals surface area contributed by atoms with Crippen molar-refractivity contribution in [2.24, 2.45) is 5.92 Å². The minimum atomic E-state index is -3.40. The second-order valence-corrected chi connectivity index (χ2v) is 11.0. The Balaban J connectivity index is 1.39. The highest BCUT2D eigenvalue weighted by atomic mass is 32.2. The highest BCUT2D eigenvalue weighted by molar-refractivity contribution is 7.90. The Bertz CT molecular complexity index is 877. The fraction of sp³-hybridized carbons (Fsp3) is 0.778. The van der Waals surface area contributed by atoms with Crippen LogP contribution in [0.4, 0.5) is 0 Å². The van der Waals surface area contributed by atoms with Crippen LogP contribution in [-0.4, -0.2) is 71.8 Å². The van der Waals surface area contributed by atoms with Crippen molar-refractivity contribution in [3.8, 4) is 0 Å². The SMILES string of the molecule is CC(C)CN1CC23CN(C(=O)c4cc(C5CC5)on4)C[C@@H](C[C@@H]2S1(=O)=O)O3. The molecule has 8 nitrogen and oxygen atoms in total. The van der Waals surface area contributed by atoms with E-state index in [0.29, 0.717) is 37.7 Å². The summed E-state index contributed by atoms with van der Waals surface area (Å²) < 4.78 is 39.0. The summed E-state index contributed by atoms with van der Waals surface area (Å²) in [6.07, 6.45) is 2.37. The lowest BCUT2D eigenvalue weighted by atomic mass is 9.99. The maximum Gasteiger partial charge on any atom is 0.276 e. The van der Waals surface area contributed by atoms with E-state index < -0.39 is 20.9 Å². The minimum Gasteiger partial charge on any atom is -0.365 e. The summed E-state index contributed by atoms with van der Waals surface area (Å²) in [7, 11) is -3.40. The highest BCUT2D eigenvalue weighted by Crippen LogP contribution is 2.47. The first-order valence-electron chi connectivity index (χ1n) is 9.71. The van der Waals surface area contributed by atoms with Crippen LogP contribution in [-0.2, 0) is 14.8 Å². The molecule has 1 unspecified atom stereocenters. The monoisotopic (exact) mass is 395 g/mol. The second kappa shape index (κ2) is 5.78. The number of carbonyl (C=O) groups is 1. The van der Waals surface area contributed by atoms with Gasteiger partial charge in [0.2, 0.25) is 10.0 Å². The van der Waals surface area contributed by atoms with Gasteiger partial charge in [-0.3, -0.25) is 4.79 Å². The molecule has 148 valence electrons. The average molecular weight is 395 g/mol. The normalized spacial score (nSPS) is 35.0. The molecule has 0 aromatic carbocycles. The van der Waals surface area contributed by atoms with Crippen molar-refractivity contribution in [3.05, 3.63) is 17.5 Å². The maximum atomic E-state index is 13.0. The van der Waals surface area contributed by atoms with Crippen molar-refractivity contribution >= 4 is 15.9 Å². The van der Waals surface area contributed by atoms with Crippen LogP contribution in [0, 0.1) is 5.92 Å². The molecule has 5 rings (SSSR count). The van der Waals surface area contributed by atoms with E-state index in [0.717, 1.165) is 18.6 Å². The Morgan fingerprint density at radius 1 is 1.37 bits per heavy atom. The van der Waals surface area contributed by atoms with E-state index in [4.69, 9.17) is 9.26 Å². The van der Waals surface area contributed by atoms with Crippen molar-refractivity contribution in [2.75, 3.05) is 26.2 Å².